The average molecular weight is 270 g/mol. The van der Waals surface area contributed by atoms with Crippen molar-refractivity contribution in [3.8, 4) is 0 Å². The summed E-state index contributed by atoms with van der Waals surface area (Å²) < 4.78 is 6.30. The number of rotatable bonds is 5. The van der Waals surface area contributed by atoms with Gasteiger partial charge in [0.1, 0.15) is 0 Å². The highest BCUT2D eigenvalue weighted by Crippen LogP contribution is 2.67. The Balaban J connectivity index is 1.36. The molecule has 0 N–H and O–H groups in total. The molecule has 20 heavy (non-hydrogen) atoms. The molecule has 1 nitrogen and oxygen atoms in total. The Morgan fingerprint density at radius 2 is 1.80 bits per heavy atom. The van der Waals surface area contributed by atoms with Crippen molar-refractivity contribution in [2.75, 3.05) is 6.61 Å². The fourth-order valence-electron chi connectivity index (χ4n) is 5.69. The van der Waals surface area contributed by atoms with Gasteiger partial charge in [-0.05, 0) is 74.2 Å². The van der Waals surface area contributed by atoms with E-state index in [-0.39, 0.29) is 0 Å². The summed E-state index contributed by atoms with van der Waals surface area (Å²) in [6.07, 6.45) is 8.97. The summed E-state index contributed by atoms with van der Waals surface area (Å²) in [7, 11) is 0. The molecule has 0 radical (unpaired) electrons. The van der Waals surface area contributed by atoms with E-state index in [0.29, 0.717) is 11.5 Å². The van der Waals surface area contributed by atoms with Crippen LogP contribution in [-0.4, -0.2) is 12.7 Å². The van der Waals surface area contributed by atoms with Crippen molar-refractivity contribution in [3.05, 3.63) is 35.9 Å². The number of ether oxygens (including phenoxy) is 1. The molecule has 3 unspecified atom stereocenters. The van der Waals surface area contributed by atoms with Gasteiger partial charge in [0, 0.05) is 0 Å². The first-order valence-electron chi connectivity index (χ1n) is 8.42. The molecule has 3 atom stereocenters. The molecule has 1 heteroatoms. The zero-order valence-corrected chi connectivity index (χ0v) is 12.6. The Kier molecular flexibility index (Phi) is 3.14. The molecule has 4 bridgehead atoms. The smallest absolute Gasteiger partial charge is 0.0606 e. The van der Waals surface area contributed by atoms with Crippen molar-refractivity contribution in [2.24, 2.45) is 23.2 Å². The predicted molar refractivity (Wildman–Crippen MR) is 81.5 cm³/mol. The van der Waals surface area contributed by atoms with Crippen molar-refractivity contribution in [2.45, 2.75) is 51.6 Å². The Morgan fingerprint density at radius 3 is 2.50 bits per heavy atom. The summed E-state index contributed by atoms with van der Waals surface area (Å²) in [5, 5.41) is 0. The minimum atomic E-state index is 0.464. The van der Waals surface area contributed by atoms with Gasteiger partial charge in [0.2, 0.25) is 0 Å². The molecule has 0 saturated heterocycles. The van der Waals surface area contributed by atoms with E-state index in [9.17, 15) is 0 Å². The van der Waals surface area contributed by atoms with Crippen LogP contribution >= 0.6 is 0 Å². The topological polar surface area (TPSA) is 9.23 Å². The zero-order chi connectivity index (χ0) is 13.6. The van der Waals surface area contributed by atoms with Crippen molar-refractivity contribution < 1.29 is 4.74 Å². The maximum atomic E-state index is 6.30. The number of hydrogen-bond acceptors (Lipinski definition) is 1. The number of benzene rings is 1. The van der Waals surface area contributed by atoms with Crippen molar-refractivity contribution in [1.29, 1.82) is 0 Å². The molecule has 0 aliphatic heterocycles. The van der Waals surface area contributed by atoms with Crippen LogP contribution in [0.4, 0.5) is 0 Å². The second-order valence-corrected chi connectivity index (χ2v) is 7.53. The van der Waals surface area contributed by atoms with Gasteiger partial charge in [-0.25, -0.2) is 0 Å². The van der Waals surface area contributed by atoms with Gasteiger partial charge in [-0.2, -0.15) is 0 Å². The van der Waals surface area contributed by atoms with E-state index < -0.39 is 0 Å². The second kappa shape index (κ2) is 4.87. The average Bonchev–Trinajstić information content (AvgIpc) is 2.86. The molecular formula is C19H26O. The fourth-order valence-corrected chi connectivity index (χ4v) is 5.69. The summed E-state index contributed by atoms with van der Waals surface area (Å²) in [5.41, 5.74) is 1.96. The van der Waals surface area contributed by atoms with Crippen molar-refractivity contribution >= 4 is 0 Å². The molecule has 0 amide bonds. The first-order valence-corrected chi connectivity index (χ1v) is 8.42. The Hall–Kier alpha value is -0.820. The summed E-state index contributed by atoms with van der Waals surface area (Å²) in [5.74, 6) is 3.05. The molecule has 5 rings (SSSR count). The van der Waals surface area contributed by atoms with Crippen LogP contribution in [-0.2, 0) is 11.2 Å². The standard InChI is InChI=1S/C19H26O/c1-14(20-8-7-15-5-3-2-4-6-15)19-12-16-9-17(13-19)11-18(19)10-16/h2-6,14,16-18H,7-13H2,1H3. The quantitative estimate of drug-likeness (QED) is 0.767. The van der Waals surface area contributed by atoms with Crippen molar-refractivity contribution in [3.63, 3.8) is 0 Å². The molecule has 4 fully saturated rings. The highest BCUT2D eigenvalue weighted by molar-refractivity contribution is 5.15. The first-order chi connectivity index (χ1) is 9.76. The second-order valence-electron chi connectivity index (χ2n) is 7.53. The molecule has 4 aliphatic rings. The fraction of sp³-hybridized carbons (Fsp3) is 0.684. The van der Waals surface area contributed by atoms with E-state index in [1.165, 1.54) is 37.7 Å². The van der Waals surface area contributed by atoms with Crippen molar-refractivity contribution in [1.82, 2.24) is 0 Å². The third kappa shape index (κ3) is 2.02. The lowest BCUT2D eigenvalue weighted by Gasteiger charge is -2.38. The minimum Gasteiger partial charge on any atom is -0.378 e. The lowest BCUT2D eigenvalue weighted by molar-refractivity contribution is -0.0452. The van der Waals surface area contributed by atoms with E-state index in [1.54, 1.807) is 0 Å². The monoisotopic (exact) mass is 270 g/mol. The van der Waals surface area contributed by atoms with Gasteiger partial charge in [-0.1, -0.05) is 30.3 Å². The van der Waals surface area contributed by atoms with Gasteiger partial charge in [-0.3, -0.25) is 0 Å². The lowest BCUT2D eigenvalue weighted by atomic mass is 9.72. The Morgan fingerprint density at radius 1 is 1.10 bits per heavy atom. The zero-order valence-electron chi connectivity index (χ0n) is 12.6. The summed E-state index contributed by atoms with van der Waals surface area (Å²) in [6, 6.07) is 10.7. The summed E-state index contributed by atoms with van der Waals surface area (Å²) in [6.45, 7) is 3.24. The summed E-state index contributed by atoms with van der Waals surface area (Å²) in [4.78, 5) is 0. The summed E-state index contributed by atoms with van der Waals surface area (Å²) >= 11 is 0. The molecule has 0 aromatic heterocycles. The number of hydrogen-bond donors (Lipinski definition) is 0. The van der Waals surface area contributed by atoms with E-state index in [4.69, 9.17) is 4.74 Å². The van der Waals surface area contributed by atoms with E-state index in [1.807, 2.05) is 0 Å². The SMILES string of the molecule is CC(OCCc1ccccc1)C12CC3CC(CC1C3)C2. The van der Waals surface area contributed by atoms with Crippen LogP contribution in [0.5, 0.6) is 0 Å². The minimum absolute atomic E-state index is 0.464. The largest absolute Gasteiger partial charge is 0.378 e. The third-order valence-corrected chi connectivity index (χ3v) is 6.46. The van der Waals surface area contributed by atoms with E-state index in [2.05, 4.69) is 37.3 Å². The van der Waals surface area contributed by atoms with Gasteiger partial charge in [-0.15, -0.1) is 0 Å². The Labute approximate surface area is 122 Å². The van der Waals surface area contributed by atoms with Gasteiger partial charge in [0.05, 0.1) is 12.7 Å². The molecule has 0 spiro atoms. The molecular weight excluding hydrogens is 244 g/mol. The maximum absolute atomic E-state index is 6.30. The lowest BCUT2D eigenvalue weighted by Crippen LogP contribution is -2.36. The van der Waals surface area contributed by atoms with Gasteiger partial charge < -0.3 is 4.74 Å². The van der Waals surface area contributed by atoms with Crippen LogP contribution in [0.25, 0.3) is 0 Å². The highest BCUT2D eigenvalue weighted by Gasteiger charge is 2.60. The van der Waals surface area contributed by atoms with E-state index >= 15 is 0 Å². The molecule has 0 heterocycles. The third-order valence-electron chi connectivity index (χ3n) is 6.46. The van der Waals surface area contributed by atoms with Crippen LogP contribution in [0, 0.1) is 23.2 Å². The van der Waals surface area contributed by atoms with Crippen LogP contribution in [0.2, 0.25) is 0 Å². The molecule has 1 aromatic carbocycles. The van der Waals surface area contributed by atoms with Gasteiger partial charge in [0.25, 0.3) is 0 Å². The van der Waals surface area contributed by atoms with E-state index in [0.717, 1.165) is 30.8 Å². The molecule has 4 aliphatic carbocycles. The van der Waals surface area contributed by atoms with Crippen LogP contribution in [0.15, 0.2) is 30.3 Å². The van der Waals surface area contributed by atoms with Gasteiger partial charge in [0.15, 0.2) is 0 Å². The van der Waals surface area contributed by atoms with Crippen LogP contribution < -0.4 is 0 Å². The first kappa shape index (κ1) is 12.9. The maximum Gasteiger partial charge on any atom is 0.0606 e. The predicted octanol–water partition coefficient (Wildman–Crippen LogP) is 4.46. The normalized spacial score (nSPS) is 39.4. The van der Waals surface area contributed by atoms with Crippen LogP contribution in [0.1, 0.15) is 44.6 Å². The molecule has 108 valence electrons. The highest BCUT2D eigenvalue weighted by atomic mass is 16.5. The molecule has 1 aromatic rings. The molecule has 4 saturated carbocycles. The van der Waals surface area contributed by atoms with Gasteiger partial charge >= 0.3 is 0 Å². The van der Waals surface area contributed by atoms with Crippen LogP contribution in [0.3, 0.4) is 0 Å². The Bertz CT molecular complexity index is 452.